The Morgan fingerprint density at radius 1 is 1.35 bits per heavy atom. The first-order valence-corrected chi connectivity index (χ1v) is 6.58. The van der Waals surface area contributed by atoms with Crippen LogP contribution in [-0.4, -0.2) is 5.78 Å². The van der Waals surface area contributed by atoms with Crippen LogP contribution in [0.5, 0.6) is 0 Å². The number of carbonyl (C=O) groups is 1. The maximum atomic E-state index is 11.0. The highest BCUT2D eigenvalue weighted by Crippen LogP contribution is 2.20. The maximum absolute atomic E-state index is 11.0. The molecule has 17 heavy (non-hydrogen) atoms. The zero-order valence-electron chi connectivity index (χ0n) is 11.3. The van der Waals surface area contributed by atoms with Crippen molar-refractivity contribution >= 4 is 5.78 Å². The number of ketones is 1. The van der Waals surface area contributed by atoms with Gasteiger partial charge in [-0.3, -0.25) is 4.79 Å². The van der Waals surface area contributed by atoms with Crippen LogP contribution in [0.15, 0.2) is 35.5 Å². The van der Waals surface area contributed by atoms with Crippen LogP contribution in [0.25, 0.3) is 0 Å². The maximum Gasteiger partial charge on any atom is 0.155 e. The summed E-state index contributed by atoms with van der Waals surface area (Å²) >= 11 is 0. The fourth-order valence-electron chi connectivity index (χ4n) is 1.99. The van der Waals surface area contributed by atoms with E-state index in [1.165, 1.54) is 11.1 Å². The highest BCUT2D eigenvalue weighted by molar-refractivity contribution is 5.90. The van der Waals surface area contributed by atoms with Crippen LogP contribution in [0.3, 0.4) is 0 Å². The second-order valence-corrected chi connectivity index (χ2v) is 5.23. The van der Waals surface area contributed by atoms with Crippen LogP contribution in [0.2, 0.25) is 0 Å². The third kappa shape index (κ3) is 6.25. The number of hydrogen-bond donors (Lipinski definition) is 0. The van der Waals surface area contributed by atoms with E-state index in [0.717, 1.165) is 32.1 Å². The van der Waals surface area contributed by atoms with Crippen LogP contribution in [0.1, 0.15) is 52.9 Å². The molecular formula is C16H24O. The monoisotopic (exact) mass is 232 g/mol. The van der Waals surface area contributed by atoms with Crippen LogP contribution in [-0.2, 0) is 4.79 Å². The van der Waals surface area contributed by atoms with Crippen LogP contribution < -0.4 is 0 Å². The van der Waals surface area contributed by atoms with Crippen molar-refractivity contribution in [3.8, 4) is 0 Å². The van der Waals surface area contributed by atoms with Gasteiger partial charge in [0.05, 0.1) is 0 Å². The van der Waals surface area contributed by atoms with Gasteiger partial charge in [-0.2, -0.15) is 0 Å². The molecule has 1 heteroatoms. The SMILES string of the molecule is CC(C)=CCC/C(C)=C/CC1C=CC(=O)CC1. The molecule has 1 unspecified atom stereocenters. The third-order valence-corrected chi connectivity index (χ3v) is 3.18. The molecule has 1 aliphatic rings. The highest BCUT2D eigenvalue weighted by atomic mass is 16.1. The average Bonchev–Trinajstić information content (AvgIpc) is 2.28. The van der Waals surface area contributed by atoms with Gasteiger partial charge in [0.2, 0.25) is 0 Å². The highest BCUT2D eigenvalue weighted by Gasteiger charge is 2.11. The van der Waals surface area contributed by atoms with Gasteiger partial charge < -0.3 is 0 Å². The molecule has 1 atom stereocenters. The summed E-state index contributed by atoms with van der Waals surface area (Å²) in [4.78, 5) is 11.0. The molecular weight excluding hydrogens is 208 g/mol. The molecule has 0 aliphatic heterocycles. The standard InChI is InChI=1S/C16H24O/c1-13(2)5-4-6-14(3)7-8-15-9-11-16(17)12-10-15/h5,7,9,11,15H,4,6,8,10,12H2,1-3H3/b14-7+. The second kappa shape index (κ2) is 7.26. The lowest BCUT2D eigenvalue weighted by atomic mass is 9.91. The smallest absolute Gasteiger partial charge is 0.155 e. The van der Waals surface area contributed by atoms with E-state index >= 15 is 0 Å². The van der Waals surface area contributed by atoms with Crippen molar-refractivity contribution in [2.45, 2.75) is 52.9 Å². The molecule has 0 aromatic rings. The van der Waals surface area contributed by atoms with E-state index in [1.807, 2.05) is 0 Å². The van der Waals surface area contributed by atoms with Gasteiger partial charge in [0.1, 0.15) is 0 Å². The first-order valence-electron chi connectivity index (χ1n) is 6.58. The van der Waals surface area contributed by atoms with Crippen molar-refractivity contribution in [1.82, 2.24) is 0 Å². The minimum atomic E-state index is 0.283. The number of hydrogen-bond acceptors (Lipinski definition) is 1. The Morgan fingerprint density at radius 2 is 2.12 bits per heavy atom. The van der Waals surface area contributed by atoms with Crippen molar-refractivity contribution in [1.29, 1.82) is 0 Å². The van der Waals surface area contributed by atoms with Gasteiger partial charge in [0, 0.05) is 6.42 Å². The summed E-state index contributed by atoms with van der Waals surface area (Å²) in [6.07, 6.45) is 13.6. The van der Waals surface area contributed by atoms with Crippen molar-refractivity contribution in [3.05, 3.63) is 35.5 Å². The molecule has 0 bridgehead atoms. The molecule has 0 spiro atoms. The molecule has 0 saturated heterocycles. The lowest BCUT2D eigenvalue weighted by molar-refractivity contribution is -0.115. The Hall–Kier alpha value is -1.11. The molecule has 1 nitrogen and oxygen atoms in total. The van der Waals surface area contributed by atoms with Gasteiger partial charge in [-0.05, 0) is 58.4 Å². The number of carbonyl (C=O) groups excluding carboxylic acids is 1. The molecule has 1 aliphatic carbocycles. The molecule has 0 radical (unpaired) electrons. The predicted octanol–water partition coefficient (Wildman–Crippen LogP) is 4.60. The lowest BCUT2D eigenvalue weighted by Crippen LogP contribution is -2.06. The summed E-state index contributed by atoms with van der Waals surface area (Å²) in [7, 11) is 0. The fraction of sp³-hybridized carbons (Fsp3) is 0.562. The normalized spacial score (nSPS) is 20.5. The van der Waals surface area contributed by atoms with E-state index < -0.39 is 0 Å². The summed E-state index contributed by atoms with van der Waals surface area (Å²) in [5.74, 6) is 0.858. The Kier molecular flexibility index (Phi) is 5.96. The van der Waals surface area contributed by atoms with Crippen LogP contribution >= 0.6 is 0 Å². The Balaban J connectivity index is 2.30. The predicted molar refractivity (Wildman–Crippen MR) is 73.9 cm³/mol. The van der Waals surface area contributed by atoms with Gasteiger partial charge in [-0.25, -0.2) is 0 Å². The molecule has 0 aromatic heterocycles. The molecule has 94 valence electrons. The van der Waals surface area contributed by atoms with Gasteiger partial charge >= 0.3 is 0 Å². The van der Waals surface area contributed by atoms with E-state index in [0.29, 0.717) is 5.92 Å². The molecule has 0 aromatic carbocycles. The molecule has 0 N–H and O–H groups in total. The Labute approximate surface area is 105 Å². The Bertz CT molecular complexity index is 341. The quantitative estimate of drug-likeness (QED) is 0.633. The summed E-state index contributed by atoms with van der Waals surface area (Å²) in [5.41, 5.74) is 2.86. The van der Waals surface area contributed by atoms with Gasteiger partial charge in [-0.15, -0.1) is 0 Å². The number of allylic oxidation sites excluding steroid dienone is 6. The third-order valence-electron chi connectivity index (χ3n) is 3.18. The van der Waals surface area contributed by atoms with E-state index in [1.54, 1.807) is 6.08 Å². The molecule has 0 fully saturated rings. The molecule has 1 rings (SSSR count). The topological polar surface area (TPSA) is 17.1 Å². The molecule has 0 amide bonds. The van der Waals surface area contributed by atoms with Crippen molar-refractivity contribution in [2.24, 2.45) is 5.92 Å². The zero-order chi connectivity index (χ0) is 12.7. The van der Waals surface area contributed by atoms with E-state index in [9.17, 15) is 4.79 Å². The first kappa shape index (κ1) is 14.0. The first-order chi connectivity index (χ1) is 8.08. The molecule has 0 heterocycles. The van der Waals surface area contributed by atoms with Crippen molar-refractivity contribution < 1.29 is 4.79 Å². The van der Waals surface area contributed by atoms with Crippen LogP contribution in [0, 0.1) is 5.92 Å². The minimum Gasteiger partial charge on any atom is -0.295 e. The fourth-order valence-corrected chi connectivity index (χ4v) is 1.99. The Morgan fingerprint density at radius 3 is 2.71 bits per heavy atom. The second-order valence-electron chi connectivity index (χ2n) is 5.23. The van der Waals surface area contributed by atoms with Gasteiger partial charge in [0.25, 0.3) is 0 Å². The molecule has 0 saturated carbocycles. The number of rotatable bonds is 5. The van der Waals surface area contributed by atoms with Crippen molar-refractivity contribution in [2.75, 3.05) is 0 Å². The summed E-state index contributed by atoms with van der Waals surface area (Å²) in [6.45, 7) is 6.49. The van der Waals surface area contributed by atoms with Gasteiger partial charge in [-0.1, -0.05) is 29.4 Å². The average molecular weight is 232 g/mol. The van der Waals surface area contributed by atoms with Crippen molar-refractivity contribution in [3.63, 3.8) is 0 Å². The van der Waals surface area contributed by atoms with E-state index in [2.05, 4.69) is 39.0 Å². The van der Waals surface area contributed by atoms with E-state index in [4.69, 9.17) is 0 Å². The summed E-state index contributed by atoms with van der Waals surface area (Å²) < 4.78 is 0. The largest absolute Gasteiger partial charge is 0.295 e. The van der Waals surface area contributed by atoms with Gasteiger partial charge in [0.15, 0.2) is 5.78 Å². The minimum absolute atomic E-state index is 0.283. The van der Waals surface area contributed by atoms with E-state index in [-0.39, 0.29) is 5.78 Å². The lowest BCUT2D eigenvalue weighted by Gasteiger charge is -2.13. The summed E-state index contributed by atoms with van der Waals surface area (Å²) in [5, 5.41) is 0. The zero-order valence-corrected chi connectivity index (χ0v) is 11.3. The van der Waals surface area contributed by atoms with Crippen LogP contribution in [0.4, 0.5) is 0 Å². The summed E-state index contributed by atoms with van der Waals surface area (Å²) in [6, 6.07) is 0.